The van der Waals surface area contributed by atoms with E-state index in [2.05, 4.69) is 0 Å². The third kappa shape index (κ3) is 3.47. The molecule has 1 aliphatic heterocycles. The Morgan fingerprint density at radius 2 is 2.00 bits per heavy atom. The summed E-state index contributed by atoms with van der Waals surface area (Å²) in [6, 6.07) is 4.08. The maximum absolute atomic E-state index is 12.9. The fourth-order valence-electron chi connectivity index (χ4n) is 2.06. The number of halogens is 4. The molecule has 0 amide bonds. The van der Waals surface area contributed by atoms with E-state index in [0.717, 1.165) is 5.56 Å². The van der Waals surface area contributed by atoms with E-state index in [1.165, 1.54) is 18.2 Å². The van der Waals surface area contributed by atoms with E-state index in [0.29, 0.717) is 18.8 Å². The van der Waals surface area contributed by atoms with E-state index < -0.39 is 17.6 Å². The number of hydrogen-bond donors (Lipinski definition) is 1. The molecule has 1 aromatic carbocycles. The second-order valence-corrected chi connectivity index (χ2v) is 4.56. The molecule has 1 heterocycles. The van der Waals surface area contributed by atoms with Gasteiger partial charge in [0, 0.05) is 30.9 Å². The van der Waals surface area contributed by atoms with Crippen LogP contribution in [0.2, 0.25) is 0 Å². The molecule has 0 radical (unpaired) electrons. The zero-order chi connectivity index (χ0) is 14.0. The predicted molar refractivity (Wildman–Crippen MR) is 64.8 cm³/mol. The third-order valence-electron chi connectivity index (χ3n) is 3.16. The minimum atomic E-state index is -4.24. The Balaban J connectivity index is 2.01. The molecule has 6 heteroatoms. The lowest BCUT2D eigenvalue weighted by molar-refractivity contribution is -0.0960. The van der Waals surface area contributed by atoms with Crippen molar-refractivity contribution in [1.82, 2.24) is 4.90 Å². The van der Waals surface area contributed by atoms with Crippen LogP contribution in [0.3, 0.4) is 0 Å². The number of alkyl halides is 3. The van der Waals surface area contributed by atoms with Crippen LogP contribution < -0.4 is 5.73 Å². The molecule has 0 bridgehead atoms. The topological polar surface area (TPSA) is 29.3 Å². The van der Waals surface area contributed by atoms with Gasteiger partial charge in [-0.15, -0.1) is 0 Å². The second-order valence-electron chi connectivity index (χ2n) is 4.56. The van der Waals surface area contributed by atoms with Crippen molar-refractivity contribution in [3.63, 3.8) is 0 Å². The summed E-state index contributed by atoms with van der Waals surface area (Å²) < 4.78 is 50.2. The van der Waals surface area contributed by atoms with Crippen LogP contribution in [0, 0.1) is 5.82 Å². The molecular formula is C13H14F4N2. The van der Waals surface area contributed by atoms with Crippen molar-refractivity contribution in [3.8, 4) is 0 Å². The molecule has 2 N–H and O–H groups in total. The monoisotopic (exact) mass is 274 g/mol. The van der Waals surface area contributed by atoms with Crippen molar-refractivity contribution in [3.05, 3.63) is 41.2 Å². The highest BCUT2D eigenvalue weighted by molar-refractivity contribution is 5.46. The number of nitrogens with zero attached hydrogens (tertiary/aromatic N) is 1. The van der Waals surface area contributed by atoms with Gasteiger partial charge in [-0.1, -0.05) is 12.1 Å². The summed E-state index contributed by atoms with van der Waals surface area (Å²) in [6.45, 7) is 0.974. The second kappa shape index (κ2) is 5.21. The van der Waals surface area contributed by atoms with Gasteiger partial charge in [0.15, 0.2) is 0 Å². The largest absolute Gasteiger partial charge is 0.412 e. The smallest absolute Gasteiger partial charge is 0.398 e. The lowest BCUT2D eigenvalue weighted by Gasteiger charge is -2.27. The first-order chi connectivity index (χ1) is 8.86. The summed E-state index contributed by atoms with van der Waals surface area (Å²) in [5.41, 5.74) is 6.25. The van der Waals surface area contributed by atoms with Crippen LogP contribution in [-0.2, 0) is 6.54 Å². The first-order valence-electron chi connectivity index (χ1n) is 5.89. The van der Waals surface area contributed by atoms with Crippen LogP contribution in [0.1, 0.15) is 12.0 Å². The first-order valence-corrected chi connectivity index (χ1v) is 5.89. The SMILES string of the molecule is Nc1cc(F)ccc1CN1CC=C(C(F)(F)F)CC1. The Morgan fingerprint density at radius 3 is 2.53 bits per heavy atom. The lowest BCUT2D eigenvalue weighted by atomic mass is 10.1. The van der Waals surface area contributed by atoms with Crippen molar-refractivity contribution in [2.75, 3.05) is 18.8 Å². The van der Waals surface area contributed by atoms with Gasteiger partial charge in [0.1, 0.15) is 5.82 Å². The molecule has 0 atom stereocenters. The first kappa shape index (κ1) is 13.9. The third-order valence-corrected chi connectivity index (χ3v) is 3.16. The molecule has 2 rings (SSSR count). The van der Waals surface area contributed by atoms with Gasteiger partial charge in [0.05, 0.1) is 0 Å². The summed E-state index contributed by atoms with van der Waals surface area (Å²) in [7, 11) is 0. The molecule has 0 saturated carbocycles. The number of rotatable bonds is 2. The molecule has 0 aliphatic carbocycles. The van der Waals surface area contributed by atoms with E-state index in [4.69, 9.17) is 5.73 Å². The molecule has 0 saturated heterocycles. The van der Waals surface area contributed by atoms with Gasteiger partial charge in [-0.05, 0) is 24.1 Å². The van der Waals surface area contributed by atoms with E-state index in [1.807, 2.05) is 4.90 Å². The number of benzene rings is 1. The normalized spacial score (nSPS) is 17.4. The Hall–Kier alpha value is -1.56. The number of anilines is 1. The van der Waals surface area contributed by atoms with Crippen molar-refractivity contribution in [1.29, 1.82) is 0 Å². The molecule has 0 spiro atoms. The lowest BCUT2D eigenvalue weighted by Crippen LogP contribution is -2.31. The van der Waals surface area contributed by atoms with Crippen molar-refractivity contribution in [2.24, 2.45) is 0 Å². The summed E-state index contributed by atoms with van der Waals surface area (Å²) in [5.74, 6) is -0.417. The standard InChI is InChI=1S/C13H14F4N2/c14-11-2-1-9(12(18)7-11)8-19-5-3-10(4-6-19)13(15,16)17/h1-3,7H,4-6,8,18H2. The Kier molecular flexibility index (Phi) is 3.80. The van der Waals surface area contributed by atoms with Crippen LogP contribution in [0.15, 0.2) is 29.8 Å². The van der Waals surface area contributed by atoms with E-state index in [1.54, 1.807) is 6.07 Å². The maximum atomic E-state index is 12.9. The van der Waals surface area contributed by atoms with Crippen LogP contribution in [0.4, 0.5) is 23.2 Å². The molecule has 0 aromatic heterocycles. The number of hydrogen-bond acceptors (Lipinski definition) is 2. The number of nitrogens with two attached hydrogens (primary N) is 1. The molecule has 0 unspecified atom stereocenters. The molecular weight excluding hydrogens is 260 g/mol. The predicted octanol–water partition coefficient (Wildman–Crippen LogP) is 3.10. The van der Waals surface area contributed by atoms with E-state index in [-0.39, 0.29) is 13.0 Å². The van der Waals surface area contributed by atoms with Crippen LogP contribution >= 0.6 is 0 Å². The fourth-order valence-corrected chi connectivity index (χ4v) is 2.06. The minimum Gasteiger partial charge on any atom is -0.398 e. The maximum Gasteiger partial charge on any atom is 0.412 e. The molecule has 19 heavy (non-hydrogen) atoms. The van der Waals surface area contributed by atoms with Gasteiger partial charge in [0.25, 0.3) is 0 Å². The summed E-state index contributed by atoms with van der Waals surface area (Å²) >= 11 is 0. The fraction of sp³-hybridized carbons (Fsp3) is 0.385. The highest BCUT2D eigenvalue weighted by Gasteiger charge is 2.34. The average Bonchev–Trinajstić information content (AvgIpc) is 2.32. The van der Waals surface area contributed by atoms with Gasteiger partial charge in [-0.2, -0.15) is 13.2 Å². The highest BCUT2D eigenvalue weighted by Crippen LogP contribution is 2.30. The van der Waals surface area contributed by atoms with E-state index >= 15 is 0 Å². The van der Waals surface area contributed by atoms with Crippen LogP contribution in [-0.4, -0.2) is 24.2 Å². The zero-order valence-electron chi connectivity index (χ0n) is 10.2. The number of nitrogen functional groups attached to an aromatic ring is 1. The quantitative estimate of drug-likeness (QED) is 0.510. The van der Waals surface area contributed by atoms with Gasteiger partial charge >= 0.3 is 6.18 Å². The Bertz CT molecular complexity index is 494. The van der Waals surface area contributed by atoms with Gasteiger partial charge in [-0.3, -0.25) is 4.90 Å². The van der Waals surface area contributed by atoms with Gasteiger partial charge < -0.3 is 5.73 Å². The van der Waals surface area contributed by atoms with Crippen LogP contribution in [0.5, 0.6) is 0 Å². The van der Waals surface area contributed by atoms with E-state index in [9.17, 15) is 17.6 Å². The van der Waals surface area contributed by atoms with Crippen molar-refractivity contribution < 1.29 is 17.6 Å². The van der Waals surface area contributed by atoms with Crippen molar-refractivity contribution in [2.45, 2.75) is 19.1 Å². The average molecular weight is 274 g/mol. The van der Waals surface area contributed by atoms with Crippen molar-refractivity contribution >= 4 is 5.69 Å². The Labute approximate surface area is 108 Å². The molecule has 1 aromatic rings. The molecule has 104 valence electrons. The van der Waals surface area contributed by atoms with Gasteiger partial charge in [-0.25, -0.2) is 4.39 Å². The molecule has 0 fully saturated rings. The Morgan fingerprint density at radius 1 is 1.26 bits per heavy atom. The summed E-state index contributed by atoms with van der Waals surface area (Å²) in [4.78, 5) is 1.85. The van der Waals surface area contributed by atoms with Crippen LogP contribution in [0.25, 0.3) is 0 Å². The minimum absolute atomic E-state index is 0.0232. The summed E-state index contributed by atoms with van der Waals surface area (Å²) in [5, 5.41) is 0. The zero-order valence-corrected chi connectivity index (χ0v) is 10.2. The highest BCUT2D eigenvalue weighted by atomic mass is 19.4. The molecule has 1 aliphatic rings. The van der Waals surface area contributed by atoms with Gasteiger partial charge in [0.2, 0.25) is 0 Å². The summed E-state index contributed by atoms with van der Waals surface area (Å²) in [6.07, 6.45) is -3.06. The molecule has 2 nitrogen and oxygen atoms in total.